The summed E-state index contributed by atoms with van der Waals surface area (Å²) in [5.41, 5.74) is 4.69. The summed E-state index contributed by atoms with van der Waals surface area (Å²) in [7, 11) is 3.09. The highest BCUT2D eigenvalue weighted by molar-refractivity contribution is 6.34. The van der Waals surface area contributed by atoms with Gasteiger partial charge in [0.2, 0.25) is 11.6 Å². The summed E-state index contributed by atoms with van der Waals surface area (Å²) in [5.74, 6) is -0.0925. The number of carbonyl (C=O) groups is 2. The van der Waals surface area contributed by atoms with E-state index < -0.39 is 11.4 Å². The Labute approximate surface area is 246 Å². The summed E-state index contributed by atoms with van der Waals surface area (Å²) in [6, 6.07) is 39.1. The van der Waals surface area contributed by atoms with Gasteiger partial charge in [-0.25, -0.2) is 0 Å². The second kappa shape index (κ2) is 12.0. The van der Waals surface area contributed by atoms with Crippen molar-refractivity contribution in [1.82, 2.24) is 10.6 Å². The SMILES string of the molecule is CO[C@@]1(C)NC(c2ccccc2)=C(c2ccccc2)C1=O.CO[C@@]1(C)NC(c2ccccc2)=C(c2ccccc2)C1=O. The normalized spacial score (nSPS) is 21.5. The van der Waals surface area contributed by atoms with E-state index in [4.69, 9.17) is 9.47 Å². The van der Waals surface area contributed by atoms with Gasteiger partial charge in [-0.2, -0.15) is 0 Å². The Morgan fingerprint density at radius 3 is 0.976 bits per heavy atom. The number of methoxy groups -OCH3 is 2. The van der Waals surface area contributed by atoms with Crippen LogP contribution < -0.4 is 10.6 Å². The van der Waals surface area contributed by atoms with Crippen LogP contribution in [0.5, 0.6) is 0 Å². The van der Waals surface area contributed by atoms with Crippen molar-refractivity contribution in [1.29, 1.82) is 0 Å². The van der Waals surface area contributed by atoms with Crippen LogP contribution in [0, 0.1) is 0 Å². The first-order chi connectivity index (χ1) is 20.3. The molecule has 4 aromatic rings. The van der Waals surface area contributed by atoms with Crippen molar-refractivity contribution in [3.05, 3.63) is 144 Å². The largest absolute Gasteiger partial charge is 0.352 e. The van der Waals surface area contributed by atoms with Crippen LogP contribution >= 0.6 is 0 Å². The standard InChI is InChI=1S/2C18H17NO2/c2*1-18(21-2)17(20)15(13-9-5-3-6-10-13)16(19-18)14-11-7-4-8-12-14/h2*3-12,19H,1-2H3/t2*18-/m11/s1. The van der Waals surface area contributed by atoms with E-state index in [1.54, 1.807) is 28.1 Å². The first-order valence-corrected chi connectivity index (χ1v) is 13.8. The van der Waals surface area contributed by atoms with Gasteiger partial charge < -0.3 is 20.1 Å². The molecule has 42 heavy (non-hydrogen) atoms. The van der Waals surface area contributed by atoms with Gasteiger partial charge in [-0.15, -0.1) is 0 Å². The van der Waals surface area contributed by atoms with E-state index in [0.29, 0.717) is 11.1 Å². The van der Waals surface area contributed by atoms with Crippen molar-refractivity contribution < 1.29 is 19.1 Å². The van der Waals surface area contributed by atoms with E-state index in [2.05, 4.69) is 10.6 Å². The molecule has 0 saturated carbocycles. The van der Waals surface area contributed by atoms with Crippen molar-refractivity contribution in [3.63, 3.8) is 0 Å². The molecule has 0 radical (unpaired) electrons. The zero-order chi connectivity index (χ0) is 29.7. The maximum absolute atomic E-state index is 12.8. The summed E-state index contributed by atoms with van der Waals surface area (Å²) in [5, 5.41) is 6.48. The molecule has 2 N–H and O–H groups in total. The molecule has 0 amide bonds. The second-order valence-electron chi connectivity index (χ2n) is 10.3. The van der Waals surface area contributed by atoms with Crippen LogP contribution in [0.1, 0.15) is 36.1 Å². The Bertz CT molecular complexity index is 1510. The number of carbonyl (C=O) groups excluding carboxylic acids is 2. The second-order valence-corrected chi connectivity index (χ2v) is 10.3. The molecule has 0 aromatic heterocycles. The van der Waals surface area contributed by atoms with Crippen LogP contribution in [-0.2, 0) is 19.1 Å². The van der Waals surface area contributed by atoms with E-state index in [0.717, 1.165) is 33.6 Å². The Hall–Kier alpha value is -4.78. The van der Waals surface area contributed by atoms with Gasteiger partial charge in [0.1, 0.15) is 0 Å². The van der Waals surface area contributed by atoms with E-state index >= 15 is 0 Å². The lowest BCUT2D eigenvalue weighted by atomic mass is 9.96. The quantitative estimate of drug-likeness (QED) is 0.294. The third-order valence-electron chi connectivity index (χ3n) is 7.61. The molecule has 0 aliphatic carbocycles. The smallest absolute Gasteiger partial charge is 0.217 e. The fourth-order valence-corrected chi connectivity index (χ4v) is 5.11. The maximum Gasteiger partial charge on any atom is 0.217 e. The molecular weight excluding hydrogens is 524 g/mol. The third kappa shape index (κ3) is 5.42. The average molecular weight is 559 g/mol. The zero-order valence-corrected chi connectivity index (χ0v) is 24.2. The molecule has 6 heteroatoms. The number of rotatable bonds is 6. The Morgan fingerprint density at radius 2 is 0.714 bits per heavy atom. The van der Waals surface area contributed by atoms with E-state index in [1.165, 1.54) is 0 Å². The topological polar surface area (TPSA) is 76.7 Å². The molecule has 0 spiro atoms. The van der Waals surface area contributed by atoms with E-state index in [9.17, 15) is 9.59 Å². The molecule has 2 atom stereocenters. The highest BCUT2D eigenvalue weighted by Gasteiger charge is 2.45. The zero-order valence-electron chi connectivity index (χ0n) is 24.2. The van der Waals surface area contributed by atoms with Crippen molar-refractivity contribution >= 4 is 34.1 Å². The summed E-state index contributed by atoms with van der Waals surface area (Å²) < 4.78 is 10.8. The predicted octanol–water partition coefficient (Wildman–Crippen LogP) is 6.18. The number of hydrogen-bond donors (Lipinski definition) is 2. The van der Waals surface area contributed by atoms with Crippen LogP contribution in [0.3, 0.4) is 0 Å². The maximum atomic E-state index is 12.8. The monoisotopic (exact) mass is 558 g/mol. The van der Waals surface area contributed by atoms with Gasteiger partial charge in [0.05, 0.1) is 22.5 Å². The number of hydrogen-bond acceptors (Lipinski definition) is 6. The highest BCUT2D eigenvalue weighted by Crippen LogP contribution is 2.37. The van der Waals surface area contributed by atoms with Crippen LogP contribution in [-0.4, -0.2) is 37.2 Å². The van der Waals surface area contributed by atoms with Gasteiger partial charge >= 0.3 is 0 Å². The minimum Gasteiger partial charge on any atom is -0.352 e. The number of benzene rings is 4. The van der Waals surface area contributed by atoms with Crippen molar-refractivity contribution in [2.24, 2.45) is 0 Å². The average Bonchev–Trinajstić information content (AvgIpc) is 3.48. The molecule has 4 aromatic carbocycles. The molecular formula is C36H34N2O4. The molecule has 212 valence electrons. The molecule has 0 fully saturated rings. The van der Waals surface area contributed by atoms with E-state index in [-0.39, 0.29) is 11.6 Å². The minimum absolute atomic E-state index is 0.0462. The lowest BCUT2D eigenvalue weighted by Gasteiger charge is -2.22. The van der Waals surface area contributed by atoms with Crippen LogP contribution in [0.4, 0.5) is 0 Å². The van der Waals surface area contributed by atoms with Gasteiger partial charge in [0.15, 0.2) is 11.4 Å². The van der Waals surface area contributed by atoms with Gasteiger partial charge in [0.25, 0.3) is 0 Å². The molecule has 2 aliphatic rings. The number of nitrogens with one attached hydrogen (secondary N) is 2. The number of Topliss-reactive ketones (excluding diaryl/α,β-unsaturated/α-hetero) is 2. The molecule has 6 nitrogen and oxygen atoms in total. The minimum atomic E-state index is -1.02. The fourth-order valence-electron chi connectivity index (χ4n) is 5.11. The molecule has 2 heterocycles. The highest BCUT2D eigenvalue weighted by atomic mass is 16.5. The summed E-state index contributed by atoms with van der Waals surface area (Å²) in [6.45, 7) is 3.52. The molecule has 0 unspecified atom stereocenters. The lowest BCUT2D eigenvalue weighted by Crippen LogP contribution is -2.45. The molecule has 2 aliphatic heterocycles. The van der Waals surface area contributed by atoms with Crippen molar-refractivity contribution in [3.8, 4) is 0 Å². The molecule has 0 bridgehead atoms. The summed E-state index contributed by atoms with van der Waals surface area (Å²) in [4.78, 5) is 25.6. The first kappa shape index (κ1) is 28.7. The van der Waals surface area contributed by atoms with Gasteiger partial charge in [-0.05, 0) is 36.1 Å². The fraction of sp³-hybridized carbons (Fsp3) is 0.167. The van der Waals surface area contributed by atoms with Crippen LogP contribution in [0.25, 0.3) is 22.5 Å². The van der Waals surface area contributed by atoms with Crippen LogP contribution in [0.2, 0.25) is 0 Å². The Kier molecular flexibility index (Phi) is 8.20. The number of ketones is 2. The first-order valence-electron chi connectivity index (χ1n) is 13.8. The van der Waals surface area contributed by atoms with Crippen LogP contribution in [0.15, 0.2) is 121 Å². The van der Waals surface area contributed by atoms with Crippen molar-refractivity contribution in [2.45, 2.75) is 25.3 Å². The predicted molar refractivity (Wildman–Crippen MR) is 167 cm³/mol. The third-order valence-corrected chi connectivity index (χ3v) is 7.61. The summed E-state index contributed by atoms with van der Waals surface area (Å²) in [6.07, 6.45) is 0. The molecule has 6 rings (SSSR count). The van der Waals surface area contributed by atoms with E-state index in [1.807, 2.05) is 121 Å². The molecule has 0 saturated heterocycles. The van der Waals surface area contributed by atoms with Crippen molar-refractivity contribution in [2.75, 3.05) is 14.2 Å². The van der Waals surface area contributed by atoms with Gasteiger partial charge in [-0.3, -0.25) is 9.59 Å². The lowest BCUT2D eigenvalue weighted by molar-refractivity contribution is -0.133. The van der Waals surface area contributed by atoms with Gasteiger partial charge in [0, 0.05) is 14.2 Å². The van der Waals surface area contributed by atoms with Gasteiger partial charge in [-0.1, -0.05) is 121 Å². The Morgan fingerprint density at radius 1 is 0.452 bits per heavy atom. The number of ether oxygens (including phenoxy) is 2. The summed E-state index contributed by atoms with van der Waals surface area (Å²) >= 11 is 0. The Balaban J connectivity index is 0.000000168.